The molecule has 4 N–H and O–H groups in total. The molecule has 0 aliphatic carbocycles. The maximum Gasteiger partial charge on any atom is 0.0915 e. The van der Waals surface area contributed by atoms with Gasteiger partial charge in [0.15, 0.2) is 0 Å². The molecule has 0 radical (unpaired) electrons. The van der Waals surface area contributed by atoms with E-state index < -0.39 is 6.10 Å². The number of hydrogen-bond acceptors (Lipinski definition) is 3. The topological polar surface area (TPSA) is 58.3 Å². The number of benzene rings is 2. The van der Waals surface area contributed by atoms with Crippen LogP contribution in [0.1, 0.15) is 18.6 Å². The second-order valence-electron chi connectivity index (χ2n) is 4.65. The Balaban J connectivity index is 2.40. The summed E-state index contributed by atoms with van der Waals surface area (Å²) in [5.74, 6) is 0. The maximum atomic E-state index is 10.2. The van der Waals surface area contributed by atoms with Crippen molar-refractivity contribution in [3.63, 3.8) is 0 Å². The first-order valence-electron chi connectivity index (χ1n) is 6.66. The quantitative estimate of drug-likeness (QED) is 0.741. The molecule has 0 spiro atoms. The Morgan fingerprint density at radius 2 is 1.95 bits per heavy atom. The Kier molecular flexibility index (Phi) is 5.01. The van der Waals surface area contributed by atoms with Crippen LogP contribution in [-0.4, -0.2) is 18.2 Å². The zero-order valence-electron chi connectivity index (χ0n) is 11.4. The lowest BCUT2D eigenvalue weighted by Crippen LogP contribution is -2.21. The van der Waals surface area contributed by atoms with Crippen molar-refractivity contribution in [1.29, 1.82) is 0 Å². The van der Waals surface area contributed by atoms with Crippen LogP contribution >= 0.6 is 11.6 Å². The Labute approximate surface area is 124 Å². The fourth-order valence-corrected chi connectivity index (χ4v) is 2.31. The standard InChI is InChI=1S/C16H19ClN2O/c1-2-19-10-15(20)12-8-13(16(18)14(17)9-12)11-6-4-3-5-7-11/h3-9,15,19-20H,2,10,18H2,1H3. The number of aliphatic hydroxyl groups excluding tert-OH is 1. The molecule has 3 nitrogen and oxygen atoms in total. The van der Waals surface area contributed by atoms with Crippen molar-refractivity contribution in [2.75, 3.05) is 18.8 Å². The average Bonchev–Trinajstić information content (AvgIpc) is 2.48. The molecular formula is C16H19ClN2O. The van der Waals surface area contributed by atoms with Gasteiger partial charge in [-0.3, -0.25) is 0 Å². The van der Waals surface area contributed by atoms with Crippen LogP contribution in [0.3, 0.4) is 0 Å². The van der Waals surface area contributed by atoms with Crippen LogP contribution in [-0.2, 0) is 0 Å². The van der Waals surface area contributed by atoms with Gasteiger partial charge in [0.25, 0.3) is 0 Å². The van der Waals surface area contributed by atoms with Crippen molar-refractivity contribution in [2.45, 2.75) is 13.0 Å². The number of hydrogen-bond donors (Lipinski definition) is 3. The van der Waals surface area contributed by atoms with Gasteiger partial charge in [0.2, 0.25) is 0 Å². The number of halogens is 1. The number of nitrogens with two attached hydrogens (primary N) is 1. The van der Waals surface area contributed by atoms with Gasteiger partial charge in [0.1, 0.15) is 0 Å². The Hall–Kier alpha value is -1.55. The van der Waals surface area contributed by atoms with Gasteiger partial charge in [-0.1, -0.05) is 48.9 Å². The SMILES string of the molecule is CCNCC(O)c1cc(Cl)c(N)c(-c2ccccc2)c1. The molecule has 2 aromatic rings. The summed E-state index contributed by atoms with van der Waals surface area (Å²) in [6.07, 6.45) is -0.601. The van der Waals surface area contributed by atoms with E-state index in [1.54, 1.807) is 6.07 Å². The zero-order valence-corrected chi connectivity index (χ0v) is 12.2. The molecule has 1 unspecified atom stereocenters. The van der Waals surface area contributed by atoms with Crippen LogP contribution in [0.25, 0.3) is 11.1 Å². The van der Waals surface area contributed by atoms with Crippen LogP contribution in [0, 0.1) is 0 Å². The molecule has 106 valence electrons. The molecule has 2 rings (SSSR count). The summed E-state index contributed by atoms with van der Waals surface area (Å²) in [5, 5.41) is 13.8. The molecule has 0 amide bonds. The third kappa shape index (κ3) is 3.31. The number of nitrogen functional groups attached to an aromatic ring is 1. The van der Waals surface area contributed by atoms with Gasteiger partial charge in [-0.05, 0) is 29.8 Å². The van der Waals surface area contributed by atoms with Gasteiger partial charge >= 0.3 is 0 Å². The number of nitrogens with one attached hydrogen (secondary N) is 1. The van der Waals surface area contributed by atoms with Crippen LogP contribution in [0.4, 0.5) is 5.69 Å². The normalized spacial score (nSPS) is 12.3. The number of likely N-dealkylation sites (N-methyl/N-ethyl adjacent to an activating group) is 1. The molecule has 1 atom stereocenters. The molecule has 0 fully saturated rings. The summed E-state index contributed by atoms with van der Waals surface area (Å²) < 4.78 is 0. The van der Waals surface area contributed by atoms with E-state index in [9.17, 15) is 5.11 Å². The van der Waals surface area contributed by atoms with Gasteiger partial charge in [-0.2, -0.15) is 0 Å². The third-order valence-corrected chi connectivity index (χ3v) is 3.52. The molecule has 0 aliphatic heterocycles. The van der Waals surface area contributed by atoms with Crippen molar-refractivity contribution >= 4 is 17.3 Å². The van der Waals surface area contributed by atoms with E-state index in [-0.39, 0.29) is 0 Å². The number of anilines is 1. The fraction of sp³-hybridized carbons (Fsp3) is 0.250. The van der Waals surface area contributed by atoms with Crippen molar-refractivity contribution < 1.29 is 5.11 Å². The highest BCUT2D eigenvalue weighted by atomic mass is 35.5. The van der Waals surface area contributed by atoms with E-state index >= 15 is 0 Å². The lowest BCUT2D eigenvalue weighted by atomic mass is 9.98. The molecular weight excluding hydrogens is 272 g/mol. The van der Waals surface area contributed by atoms with E-state index in [1.165, 1.54) is 0 Å². The first-order valence-corrected chi connectivity index (χ1v) is 7.04. The Morgan fingerprint density at radius 3 is 2.60 bits per heavy atom. The van der Waals surface area contributed by atoms with Crippen LogP contribution < -0.4 is 11.1 Å². The van der Waals surface area contributed by atoms with E-state index in [1.807, 2.05) is 43.3 Å². The van der Waals surface area contributed by atoms with Crippen LogP contribution in [0.15, 0.2) is 42.5 Å². The molecule has 0 bridgehead atoms. The highest BCUT2D eigenvalue weighted by Crippen LogP contribution is 2.34. The van der Waals surface area contributed by atoms with Crippen molar-refractivity contribution in [3.8, 4) is 11.1 Å². The molecule has 0 heterocycles. The summed E-state index contributed by atoms with van der Waals surface area (Å²) in [7, 11) is 0. The summed E-state index contributed by atoms with van der Waals surface area (Å²) >= 11 is 6.19. The number of aliphatic hydroxyl groups is 1. The highest BCUT2D eigenvalue weighted by Gasteiger charge is 2.13. The van der Waals surface area contributed by atoms with Gasteiger partial charge in [-0.15, -0.1) is 0 Å². The predicted molar refractivity (Wildman–Crippen MR) is 84.8 cm³/mol. The van der Waals surface area contributed by atoms with E-state index in [4.69, 9.17) is 17.3 Å². The molecule has 0 saturated carbocycles. The number of rotatable bonds is 5. The molecule has 0 saturated heterocycles. The zero-order chi connectivity index (χ0) is 14.5. The Bertz CT molecular complexity index is 572. The average molecular weight is 291 g/mol. The largest absolute Gasteiger partial charge is 0.397 e. The van der Waals surface area contributed by atoms with Gasteiger partial charge in [0, 0.05) is 12.1 Å². The lowest BCUT2D eigenvalue weighted by Gasteiger charge is -2.15. The first kappa shape index (κ1) is 14.9. The van der Waals surface area contributed by atoms with Gasteiger partial charge < -0.3 is 16.2 Å². The highest BCUT2D eigenvalue weighted by molar-refractivity contribution is 6.33. The van der Waals surface area contributed by atoms with Crippen LogP contribution in [0.2, 0.25) is 5.02 Å². The van der Waals surface area contributed by atoms with Crippen LogP contribution in [0.5, 0.6) is 0 Å². The van der Waals surface area contributed by atoms with Crippen molar-refractivity contribution in [2.24, 2.45) is 0 Å². The second kappa shape index (κ2) is 6.75. The van der Waals surface area contributed by atoms with Crippen molar-refractivity contribution in [3.05, 3.63) is 53.1 Å². The minimum absolute atomic E-state index is 0.469. The lowest BCUT2D eigenvalue weighted by molar-refractivity contribution is 0.175. The second-order valence-corrected chi connectivity index (χ2v) is 5.06. The van der Waals surface area contributed by atoms with E-state index in [0.29, 0.717) is 17.3 Å². The predicted octanol–water partition coefficient (Wildman–Crippen LogP) is 3.23. The molecule has 4 heteroatoms. The van der Waals surface area contributed by atoms with E-state index in [0.717, 1.165) is 23.2 Å². The summed E-state index contributed by atoms with van der Waals surface area (Å²) in [6.45, 7) is 3.30. The Morgan fingerprint density at radius 1 is 1.25 bits per heavy atom. The van der Waals surface area contributed by atoms with E-state index in [2.05, 4.69) is 5.32 Å². The molecule has 0 aromatic heterocycles. The summed E-state index contributed by atoms with van der Waals surface area (Å²) in [6, 6.07) is 13.4. The minimum Gasteiger partial charge on any atom is -0.397 e. The van der Waals surface area contributed by atoms with Gasteiger partial charge in [0.05, 0.1) is 16.8 Å². The molecule has 20 heavy (non-hydrogen) atoms. The summed E-state index contributed by atoms with van der Waals surface area (Å²) in [4.78, 5) is 0. The fourth-order valence-electron chi connectivity index (χ4n) is 2.09. The minimum atomic E-state index is -0.601. The molecule has 0 aliphatic rings. The van der Waals surface area contributed by atoms with Crippen molar-refractivity contribution in [1.82, 2.24) is 5.32 Å². The first-order chi connectivity index (χ1) is 9.63. The molecule has 2 aromatic carbocycles. The monoisotopic (exact) mass is 290 g/mol. The smallest absolute Gasteiger partial charge is 0.0915 e. The third-order valence-electron chi connectivity index (χ3n) is 3.21. The van der Waals surface area contributed by atoms with Gasteiger partial charge in [-0.25, -0.2) is 0 Å². The summed E-state index contributed by atoms with van der Waals surface area (Å²) in [5.41, 5.74) is 9.20. The maximum absolute atomic E-state index is 10.2.